The van der Waals surface area contributed by atoms with E-state index in [2.05, 4.69) is 5.32 Å². The Morgan fingerprint density at radius 2 is 2.29 bits per heavy atom. The van der Waals surface area contributed by atoms with Crippen LogP contribution in [0.15, 0.2) is 16.5 Å². The molecule has 0 spiro atoms. The van der Waals surface area contributed by atoms with Gasteiger partial charge in [-0.1, -0.05) is 0 Å². The molecule has 1 aromatic rings. The van der Waals surface area contributed by atoms with Crippen molar-refractivity contribution < 1.29 is 14.3 Å². The summed E-state index contributed by atoms with van der Waals surface area (Å²) in [5.74, 6) is 0.599. The molecule has 1 amide bonds. The zero-order chi connectivity index (χ0) is 10.6. The van der Waals surface area contributed by atoms with Crippen molar-refractivity contribution in [3.63, 3.8) is 0 Å². The molecule has 5 nitrogen and oxygen atoms in total. The zero-order valence-electron chi connectivity index (χ0n) is 8.28. The van der Waals surface area contributed by atoms with Crippen LogP contribution in [0, 0.1) is 0 Å². The van der Waals surface area contributed by atoms with Crippen molar-refractivity contribution in [3.05, 3.63) is 17.9 Å². The normalized spacial score (nSPS) is 9.93. The topological polar surface area (TPSA) is 65.7 Å². The Kier molecular flexibility index (Phi) is 3.53. The van der Waals surface area contributed by atoms with Gasteiger partial charge in [-0.2, -0.15) is 0 Å². The Hall–Kier alpha value is -1.49. The summed E-state index contributed by atoms with van der Waals surface area (Å²) in [6, 6.07) is 3.26. The molecule has 0 aliphatic carbocycles. The molecular formula is C9H14N2O3. The fraction of sp³-hybridized carbons (Fsp3) is 0.444. The highest BCUT2D eigenvalue weighted by Crippen LogP contribution is 2.13. The summed E-state index contributed by atoms with van der Waals surface area (Å²) in [5, 5.41) is 11.4. The molecule has 14 heavy (non-hydrogen) atoms. The molecule has 0 atom stereocenters. The first-order chi connectivity index (χ1) is 6.65. The number of nitrogens with zero attached hydrogens (tertiary/aromatic N) is 1. The van der Waals surface area contributed by atoms with Crippen LogP contribution in [0.25, 0.3) is 0 Å². The fourth-order valence-corrected chi connectivity index (χ4v) is 0.947. The van der Waals surface area contributed by atoms with Gasteiger partial charge >= 0.3 is 0 Å². The van der Waals surface area contributed by atoms with Crippen LogP contribution >= 0.6 is 0 Å². The lowest BCUT2D eigenvalue weighted by Crippen LogP contribution is -2.20. The maximum atomic E-state index is 11.4. The number of amides is 1. The quantitative estimate of drug-likeness (QED) is 0.734. The predicted molar refractivity (Wildman–Crippen MR) is 52.3 cm³/mol. The molecule has 0 saturated carbocycles. The van der Waals surface area contributed by atoms with Gasteiger partial charge in [-0.05, 0) is 6.07 Å². The van der Waals surface area contributed by atoms with E-state index >= 15 is 0 Å². The van der Waals surface area contributed by atoms with Crippen molar-refractivity contribution in [2.45, 2.75) is 0 Å². The average Bonchev–Trinajstić information content (AvgIpc) is 2.61. The first-order valence-electron chi connectivity index (χ1n) is 4.31. The molecule has 78 valence electrons. The van der Waals surface area contributed by atoms with Gasteiger partial charge in [-0.3, -0.25) is 4.79 Å². The second-order valence-corrected chi connectivity index (χ2v) is 3.01. The first-order valence-corrected chi connectivity index (χ1v) is 4.31. The second kappa shape index (κ2) is 4.66. The van der Waals surface area contributed by atoms with Crippen LogP contribution in [0.2, 0.25) is 0 Å². The summed E-state index contributed by atoms with van der Waals surface area (Å²) in [6.45, 7) is 0.431. The van der Waals surface area contributed by atoms with Gasteiger partial charge in [0.1, 0.15) is 0 Å². The molecule has 0 aliphatic rings. The van der Waals surface area contributed by atoms with E-state index in [1.807, 2.05) is 0 Å². The highest BCUT2D eigenvalue weighted by atomic mass is 16.4. The van der Waals surface area contributed by atoms with Crippen molar-refractivity contribution in [1.29, 1.82) is 0 Å². The minimum absolute atomic E-state index is 0.0255. The Labute approximate surface area is 82.3 Å². The van der Waals surface area contributed by atoms with E-state index < -0.39 is 0 Å². The predicted octanol–water partition coefficient (Wildman–Crippen LogP) is 0.386. The summed E-state index contributed by atoms with van der Waals surface area (Å²) in [7, 11) is 3.32. The Balaban J connectivity index is 2.63. The monoisotopic (exact) mass is 198 g/mol. The van der Waals surface area contributed by atoms with Crippen molar-refractivity contribution in [2.75, 3.05) is 32.6 Å². The van der Waals surface area contributed by atoms with Gasteiger partial charge in [0.15, 0.2) is 11.6 Å². The van der Waals surface area contributed by atoms with Crippen LogP contribution in [0.3, 0.4) is 0 Å². The molecular weight excluding hydrogens is 184 g/mol. The summed E-state index contributed by atoms with van der Waals surface area (Å²) in [5.41, 5.74) is 0. The molecule has 0 aliphatic heterocycles. The number of hydrogen-bond acceptors (Lipinski definition) is 4. The van der Waals surface area contributed by atoms with E-state index in [4.69, 9.17) is 9.52 Å². The van der Waals surface area contributed by atoms with Gasteiger partial charge in [0.25, 0.3) is 5.91 Å². The number of hydrogen-bond donors (Lipinski definition) is 2. The Morgan fingerprint density at radius 3 is 2.86 bits per heavy atom. The summed E-state index contributed by atoms with van der Waals surface area (Å²) >= 11 is 0. The minimum atomic E-state index is -0.179. The summed E-state index contributed by atoms with van der Waals surface area (Å²) in [6.07, 6.45) is 0. The van der Waals surface area contributed by atoms with Gasteiger partial charge < -0.3 is 19.7 Å². The third-order valence-corrected chi connectivity index (χ3v) is 1.63. The van der Waals surface area contributed by atoms with Crippen molar-refractivity contribution in [3.8, 4) is 0 Å². The highest BCUT2D eigenvalue weighted by molar-refractivity contribution is 5.91. The first kappa shape index (κ1) is 10.6. The van der Waals surface area contributed by atoms with Crippen molar-refractivity contribution in [1.82, 2.24) is 4.90 Å². The number of rotatable bonds is 4. The Morgan fingerprint density at radius 1 is 1.57 bits per heavy atom. The average molecular weight is 198 g/mol. The third-order valence-electron chi connectivity index (χ3n) is 1.63. The molecule has 5 heteroatoms. The van der Waals surface area contributed by atoms with Gasteiger partial charge in [0.2, 0.25) is 0 Å². The van der Waals surface area contributed by atoms with Crippen LogP contribution in [-0.4, -0.2) is 43.2 Å². The SMILES string of the molecule is CN(C)C(=O)c1ccc(NCCO)o1. The smallest absolute Gasteiger partial charge is 0.289 e. The molecule has 0 bridgehead atoms. The van der Waals surface area contributed by atoms with E-state index in [0.29, 0.717) is 12.4 Å². The molecule has 0 saturated heterocycles. The van der Waals surface area contributed by atoms with Gasteiger partial charge in [0.05, 0.1) is 6.61 Å². The van der Waals surface area contributed by atoms with E-state index in [1.165, 1.54) is 4.90 Å². The highest BCUT2D eigenvalue weighted by Gasteiger charge is 2.12. The Bertz CT molecular complexity index is 307. The molecule has 0 unspecified atom stereocenters. The maximum absolute atomic E-state index is 11.4. The second-order valence-electron chi connectivity index (χ2n) is 3.01. The number of aliphatic hydroxyl groups is 1. The number of carbonyl (C=O) groups is 1. The van der Waals surface area contributed by atoms with E-state index in [0.717, 1.165) is 0 Å². The molecule has 0 aromatic carbocycles. The van der Waals surface area contributed by atoms with Gasteiger partial charge in [-0.15, -0.1) is 0 Å². The number of furan rings is 1. The summed E-state index contributed by atoms with van der Waals surface area (Å²) in [4.78, 5) is 12.8. The lowest BCUT2D eigenvalue weighted by molar-refractivity contribution is 0.0798. The number of aliphatic hydroxyl groups excluding tert-OH is 1. The fourth-order valence-electron chi connectivity index (χ4n) is 0.947. The number of nitrogens with one attached hydrogen (secondary N) is 1. The summed E-state index contributed by atoms with van der Waals surface area (Å²) < 4.78 is 5.20. The number of carbonyl (C=O) groups excluding carboxylic acids is 1. The van der Waals surface area contributed by atoms with Crippen molar-refractivity contribution in [2.24, 2.45) is 0 Å². The van der Waals surface area contributed by atoms with E-state index in [9.17, 15) is 4.79 Å². The molecule has 1 rings (SSSR count). The van der Waals surface area contributed by atoms with Crippen LogP contribution in [0.4, 0.5) is 5.88 Å². The molecule has 1 heterocycles. The van der Waals surface area contributed by atoms with Crippen LogP contribution in [-0.2, 0) is 0 Å². The van der Waals surface area contributed by atoms with Crippen LogP contribution in [0.5, 0.6) is 0 Å². The lowest BCUT2D eigenvalue weighted by atomic mass is 10.4. The largest absolute Gasteiger partial charge is 0.436 e. The van der Waals surface area contributed by atoms with E-state index in [-0.39, 0.29) is 18.3 Å². The molecule has 2 N–H and O–H groups in total. The van der Waals surface area contributed by atoms with Crippen LogP contribution in [0.1, 0.15) is 10.6 Å². The maximum Gasteiger partial charge on any atom is 0.289 e. The zero-order valence-corrected chi connectivity index (χ0v) is 8.28. The van der Waals surface area contributed by atoms with Crippen LogP contribution < -0.4 is 5.32 Å². The van der Waals surface area contributed by atoms with Crippen molar-refractivity contribution >= 4 is 11.8 Å². The minimum Gasteiger partial charge on any atom is -0.436 e. The number of anilines is 1. The standard InChI is InChI=1S/C9H14N2O3/c1-11(2)9(13)7-3-4-8(14-7)10-5-6-12/h3-4,10,12H,5-6H2,1-2H3. The lowest BCUT2D eigenvalue weighted by Gasteiger charge is -2.06. The molecule has 0 fully saturated rings. The molecule has 0 radical (unpaired) electrons. The molecule has 1 aromatic heterocycles. The van der Waals surface area contributed by atoms with E-state index in [1.54, 1.807) is 26.2 Å². The van der Waals surface area contributed by atoms with Gasteiger partial charge in [0, 0.05) is 26.7 Å². The third kappa shape index (κ3) is 2.50. The van der Waals surface area contributed by atoms with Gasteiger partial charge in [-0.25, -0.2) is 0 Å².